The molecule has 3 nitrogen and oxygen atoms in total. The number of aryl methyl sites for hydroxylation is 1. The van der Waals surface area contributed by atoms with Crippen molar-refractivity contribution >= 4 is 28.7 Å². The summed E-state index contributed by atoms with van der Waals surface area (Å²) < 4.78 is 12.9. The van der Waals surface area contributed by atoms with E-state index < -0.39 is 0 Å². The molecule has 0 bridgehead atoms. The van der Waals surface area contributed by atoms with Gasteiger partial charge in [0.05, 0.1) is 4.88 Å². The SMILES string of the molecule is Cc1cc(F)ccc1NC(=O)CCC(=O)c1cccs1. The van der Waals surface area contributed by atoms with Crippen LogP contribution >= 0.6 is 11.3 Å². The number of Topliss-reactive ketones (excluding diaryl/α,β-unsaturated/α-hetero) is 1. The number of ketones is 1. The first kappa shape index (κ1) is 14.4. The largest absolute Gasteiger partial charge is 0.326 e. The minimum atomic E-state index is -0.339. The fraction of sp³-hybridized carbons (Fsp3) is 0.200. The Balaban J connectivity index is 1.88. The summed E-state index contributed by atoms with van der Waals surface area (Å²) in [5.74, 6) is -0.621. The van der Waals surface area contributed by atoms with E-state index in [9.17, 15) is 14.0 Å². The molecule has 104 valence electrons. The molecule has 0 fully saturated rings. The van der Waals surface area contributed by atoms with Crippen LogP contribution in [-0.4, -0.2) is 11.7 Å². The van der Waals surface area contributed by atoms with Crippen LogP contribution in [-0.2, 0) is 4.79 Å². The Morgan fingerprint density at radius 1 is 1.25 bits per heavy atom. The minimum Gasteiger partial charge on any atom is -0.326 e. The van der Waals surface area contributed by atoms with Crippen molar-refractivity contribution in [2.75, 3.05) is 5.32 Å². The molecule has 0 unspecified atom stereocenters. The summed E-state index contributed by atoms with van der Waals surface area (Å²) in [7, 11) is 0. The molecule has 1 aromatic heterocycles. The second kappa shape index (κ2) is 6.43. The number of anilines is 1. The summed E-state index contributed by atoms with van der Waals surface area (Å²) in [6.07, 6.45) is 0.292. The molecule has 1 N–H and O–H groups in total. The van der Waals surface area contributed by atoms with Gasteiger partial charge in [-0.05, 0) is 42.1 Å². The number of carbonyl (C=O) groups is 2. The van der Waals surface area contributed by atoms with E-state index in [2.05, 4.69) is 5.32 Å². The van der Waals surface area contributed by atoms with Gasteiger partial charge in [0.25, 0.3) is 0 Å². The molecule has 1 heterocycles. The monoisotopic (exact) mass is 291 g/mol. The van der Waals surface area contributed by atoms with Crippen LogP contribution in [0, 0.1) is 12.7 Å². The van der Waals surface area contributed by atoms with Crippen molar-refractivity contribution < 1.29 is 14.0 Å². The molecule has 0 aliphatic rings. The van der Waals surface area contributed by atoms with Gasteiger partial charge < -0.3 is 5.32 Å². The number of carbonyl (C=O) groups excluding carboxylic acids is 2. The quantitative estimate of drug-likeness (QED) is 0.852. The highest BCUT2D eigenvalue weighted by Crippen LogP contribution is 2.17. The lowest BCUT2D eigenvalue weighted by molar-refractivity contribution is -0.116. The zero-order chi connectivity index (χ0) is 14.5. The fourth-order valence-electron chi connectivity index (χ4n) is 1.77. The van der Waals surface area contributed by atoms with Gasteiger partial charge in [-0.3, -0.25) is 9.59 Å². The zero-order valence-electron chi connectivity index (χ0n) is 11.0. The van der Waals surface area contributed by atoms with Crippen LogP contribution in [0.25, 0.3) is 0 Å². The molecule has 0 radical (unpaired) electrons. The molecule has 0 atom stereocenters. The number of nitrogens with one attached hydrogen (secondary N) is 1. The van der Waals surface area contributed by atoms with Gasteiger partial charge in [-0.25, -0.2) is 4.39 Å². The van der Waals surface area contributed by atoms with Crippen LogP contribution in [0.1, 0.15) is 28.1 Å². The van der Waals surface area contributed by atoms with E-state index in [-0.39, 0.29) is 30.3 Å². The predicted octanol–water partition coefficient (Wildman–Crippen LogP) is 3.80. The second-order valence-electron chi connectivity index (χ2n) is 4.41. The molecule has 5 heteroatoms. The lowest BCUT2D eigenvalue weighted by Gasteiger charge is -2.07. The van der Waals surface area contributed by atoms with Gasteiger partial charge >= 0.3 is 0 Å². The summed E-state index contributed by atoms with van der Waals surface area (Å²) >= 11 is 1.37. The highest BCUT2D eigenvalue weighted by atomic mass is 32.1. The molecule has 0 spiro atoms. The molecule has 0 aliphatic heterocycles. The average Bonchev–Trinajstić information content (AvgIpc) is 2.93. The Labute approximate surface area is 120 Å². The van der Waals surface area contributed by atoms with Crippen molar-refractivity contribution in [3.63, 3.8) is 0 Å². The minimum absolute atomic E-state index is 0.0361. The Hall–Kier alpha value is -2.01. The van der Waals surface area contributed by atoms with E-state index in [1.54, 1.807) is 19.1 Å². The van der Waals surface area contributed by atoms with Crippen LogP contribution in [0.3, 0.4) is 0 Å². The standard InChI is InChI=1S/C15H14FNO2S/c1-10-9-11(16)4-5-12(10)17-15(19)7-6-13(18)14-3-2-8-20-14/h2-5,8-9H,6-7H2,1H3,(H,17,19). The fourth-order valence-corrected chi connectivity index (χ4v) is 2.46. The Morgan fingerprint density at radius 3 is 2.70 bits per heavy atom. The highest BCUT2D eigenvalue weighted by molar-refractivity contribution is 7.12. The van der Waals surface area contributed by atoms with Gasteiger partial charge in [0.1, 0.15) is 5.82 Å². The van der Waals surface area contributed by atoms with Crippen molar-refractivity contribution in [2.45, 2.75) is 19.8 Å². The molecule has 0 saturated carbocycles. The lowest BCUT2D eigenvalue weighted by Crippen LogP contribution is -2.14. The van der Waals surface area contributed by atoms with Gasteiger partial charge in [-0.1, -0.05) is 6.07 Å². The van der Waals surface area contributed by atoms with Crippen LogP contribution in [0.5, 0.6) is 0 Å². The number of amides is 1. The number of benzene rings is 1. The van der Waals surface area contributed by atoms with Gasteiger partial charge in [-0.2, -0.15) is 0 Å². The maximum atomic E-state index is 12.9. The van der Waals surface area contributed by atoms with Crippen molar-refractivity contribution in [2.24, 2.45) is 0 Å². The molecular weight excluding hydrogens is 277 g/mol. The van der Waals surface area contributed by atoms with Crippen molar-refractivity contribution in [3.05, 3.63) is 52.0 Å². The third-order valence-electron chi connectivity index (χ3n) is 2.84. The summed E-state index contributed by atoms with van der Waals surface area (Å²) in [6, 6.07) is 7.71. The molecule has 2 aromatic rings. The van der Waals surface area contributed by atoms with Gasteiger partial charge in [-0.15, -0.1) is 11.3 Å². The van der Waals surface area contributed by atoms with Crippen LogP contribution in [0.4, 0.5) is 10.1 Å². The van der Waals surface area contributed by atoms with Crippen molar-refractivity contribution in [3.8, 4) is 0 Å². The molecule has 1 amide bonds. The van der Waals surface area contributed by atoms with Crippen molar-refractivity contribution in [1.29, 1.82) is 0 Å². The lowest BCUT2D eigenvalue weighted by atomic mass is 10.1. The number of rotatable bonds is 5. The Morgan fingerprint density at radius 2 is 2.05 bits per heavy atom. The summed E-state index contributed by atoms with van der Waals surface area (Å²) in [6.45, 7) is 1.72. The zero-order valence-corrected chi connectivity index (χ0v) is 11.8. The smallest absolute Gasteiger partial charge is 0.224 e. The first-order chi connectivity index (χ1) is 9.56. The molecule has 0 saturated heterocycles. The van der Waals surface area contributed by atoms with Crippen LogP contribution < -0.4 is 5.32 Å². The van der Waals surface area contributed by atoms with E-state index in [1.807, 2.05) is 5.38 Å². The molecular formula is C15H14FNO2S. The average molecular weight is 291 g/mol. The van der Waals surface area contributed by atoms with E-state index in [0.29, 0.717) is 16.1 Å². The van der Waals surface area contributed by atoms with Crippen LogP contribution in [0.2, 0.25) is 0 Å². The van der Waals surface area contributed by atoms with Gasteiger partial charge in [0.15, 0.2) is 5.78 Å². The number of hydrogen-bond acceptors (Lipinski definition) is 3. The summed E-state index contributed by atoms with van der Waals surface area (Å²) in [4.78, 5) is 24.2. The van der Waals surface area contributed by atoms with E-state index in [4.69, 9.17) is 0 Å². The molecule has 20 heavy (non-hydrogen) atoms. The summed E-state index contributed by atoms with van der Waals surface area (Å²) in [5, 5.41) is 4.51. The Kier molecular flexibility index (Phi) is 4.63. The van der Waals surface area contributed by atoms with Crippen LogP contribution in [0.15, 0.2) is 35.7 Å². The molecule has 0 aliphatic carbocycles. The number of hydrogen-bond donors (Lipinski definition) is 1. The maximum absolute atomic E-state index is 12.9. The number of halogens is 1. The summed E-state index contributed by atoms with van der Waals surface area (Å²) in [5.41, 5.74) is 1.22. The van der Waals surface area contributed by atoms with Crippen molar-refractivity contribution in [1.82, 2.24) is 0 Å². The highest BCUT2D eigenvalue weighted by Gasteiger charge is 2.11. The third-order valence-corrected chi connectivity index (χ3v) is 3.75. The molecule has 1 aromatic carbocycles. The normalized spacial score (nSPS) is 10.3. The third kappa shape index (κ3) is 3.74. The van der Waals surface area contributed by atoms with Gasteiger partial charge in [0, 0.05) is 18.5 Å². The van der Waals surface area contributed by atoms with E-state index >= 15 is 0 Å². The second-order valence-corrected chi connectivity index (χ2v) is 5.36. The molecule has 2 rings (SSSR count). The Bertz CT molecular complexity index is 623. The maximum Gasteiger partial charge on any atom is 0.224 e. The topological polar surface area (TPSA) is 46.2 Å². The first-order valence-electron chi connectivity index (χ1n) is 6.19. The predicted molar refractivity (Wildman–Crippen MR) is 77.7 cm³/mol. The number of thiophene rings is 1. The first-order valence-corrected chi connectivity index (χ1v) is 7.07. The van der Waals surface area contributed by atoms with E-state index in [0.717, 1.165) is 0 Å². The van der Waals surface area contributed by atoms with E-state index in [1.165, 1.54) is 29.5 Å². The van der Waals surface area contributed by atoms with Gasteiger partial charge in [0.2, 0.25) is 5.91 Å².